The van der Waals surface area contributed by atoms with E-state index in [-0.39, 0.29) is 40.6 Å². The minimum Gasteiger partial charge on any atom is -0.392 e. The van der Waals surface area contributed by atoms with Crippen LogP contribution in [-0.2, 0) is 19.4 Å². The van der Waals surface area contributed by atoms with E-state index in [2.05, 4.69) is 0 Å². The zero-order valence-electron chi connectivity index (χ0n) is 15.1. The molecule has 2 fully saturated rings. The van der Waals surface area contributed by atoms with Crippen LogP contribution in [0.1, 0.15) is 32.6 Å². The lowest BCUT2D eigenvalue weighted by Crippen LogP contribution is -2.62. The summed E-state index contributed by atoms with van der Waals surface area (Å²) >= 11 is 0. The zero-order chi connectivity index (χ0) is 18.8. The van der Waals surface area contributed by atoms with E-state index in [1.165, 1.54) is 0 Å². The summed E-state index contributed by atoms with van der Waals surface area (Å²) in [6.07, 6.45) is 1.76. The second kappa shape index (κ2) is 7.66. The average molecular weight is 381 g/mol. The lowest BCUT2D eigenvalue weighted by Gasteiger charge is -2.56. The molecule has 0 bridgehead atoms. The Hall–Kier alpha value is -1.44. The molecular formula is C19H27NO5S. The van der Waals surface area contributed by atoms with Gasteiger partial charge < -0.3 is 14.7 Å². The minimum atomic E-state index is -3.44. The molecule has 1 heterocycles. The molecule has 144 valence electrons. The van der Waals surface area contributed by atoms with Crippen molar-refractivity contribution in [2.24, 2.45) is 5.41 Å². The van der Waals surface area contributed by atoms with E-state index in [0.717, 1.165) is 0 Å². The molecule has 1 aromatic rings. The zero-order valence-corrected chi connectivity index (χ0v) is 16.0. The summed E-state index contributed by atoms with van der Waals surface area (Å²) in [5.74, 6) is -0.317. The van der Waals surface area contributed by atoms with Crippen LogP contribution in [0.5, 0.6) is 0 Å². The maximum absolute atomic E-state index is 12.4. The average Bonchev–Trinajstić information content (AvgIpc) is 2.67. The van der Waals surface area contributed by atoms with E-state index >= 15 is 0 Å². The number of ether oxygens (including phenoxy) is 1. The van der Waals surface area contributed by atoms with E-state index in [0.29, 0.717) is 39.0 Å². The molecular weight excluding hydrogens is 354 g/mol. The SMILES string of the molecule is CCOC1CC(O)C12CCN(C(=O)CCS(=O)(=O)c1ccccc1)CC2. The van der Waals surface area contributed by atoms with Gasteiger partial charge in [-0.05, 0) is 31.9 Å². The number of aliphatic hydroxyl groups is 1. The van der Waals surface area contributed by atoms with Crippen LogP contribution in [0.3, 0.4) is 0 Å². The Labute approximate surface area is 155 Å². The molecule has 7 heteroatoms. The summed E-state index contributed by atoms with van der Waals surface area (Å²) in [5, 5.41) is 10.2. The molecule has 1 saturated carbocycles. The van der Waals surface area contributed by atoms with Gasteiger partial charge in [-0.3, -0.25) is 4.79 Å². The van der Waals surface area contributed by atoms with Crippen LogP contribution < -0.4 is 0 Å². The quantitative estimate of drug-likeness (QED) is 0.810. The van der Waals surface area contributed by atoms with Crippen molar-refractivity contribution in [3.05, 3.63) is 30.3 Å². The van der Waals surface area contributed by atoms with Crippen molar-refractivity contribution < 1.29 is 23.1 Å². The van der Waals surface area contributed by atoms with Gasteiger partial charge in [0, 0.05) is 38.0 Å². The standard InChI is InChI=1S/C19H27NO5S/c1-2-25-17-14-16(21)19(17)9-11-20(12-10-19)18(22)8-13-26(23,24)15-6-4-3-5-7-15/h3-7,16-17,21H,2,8-14H2,1H3. The van der Waals surface area contributed by atoms with Crippen molar-refractivity contribution in [2.75, 3.05) is 25.4 Å². The molecule has 2 aliphatic rings. The molecule has 1 aliphatic heterocycles. The van der Waals surface area contributed by atoms with E-state index < -0.39 is 9.84 Å². The maximum Gasteiger partial charge on any atom is 0.223 e. The predicted molar refractivity (Wildman–Crippen MR) is 97.4 cm³/mol. The van der Waals surface area contributed by atoms with Gasteiger partial charge in [-0.25, -0.2) is 8.42 Å². The number of amides is 1. The molecule has 26 heavy (non-hydrogen) atoms. The van der Waals surface area contributed by atoms with E-state index in [4.69, 9.17) is 4.74 Å². The van der Waals surface area contributed by atoms with Crippen LogP contribution in [0.15, 0.2) is 35.2 Å². The highest BCUT2D eigenvalue weighted by atomic mass is 32.2. The van der Waals surface area contributed by atoms with Crippen LogP contribution in [-0.4, -0.2) is 62.0 Å². The number of carbonyl (C=O) groups excluding carboxylic acids is 1. The van der Waals surface area contributed by atoms with Crippen molar-refractivity contribution in [1.29, 1.82) is 0 Å². The Morgan fingerprint density at radius 3 is 2.50 bits per heavy atom. The van der Waals surface area contributed by atoms with E-state index in [1.54, 1.807) is 35.2 Å². The molecule has 1 spiro atoms. The fourth-order valence-corrected chi connectivity index (χ4v) is 5.37. The number of nitrogens with zero attached hydrogens (tertiary/aromatic N) is 1. The third kappa shape index (κ3) is 3.66. The normalized spacial score (nSPS) is 25.1. The Morgan fingerprint density at radius 2 is 1.92 bits per heavy atom. The van der Waals surface area contributed by atoms with Gasteiger partial charge in [0.1, 0.15) is 0 Å². The summed E-state index contributed by atoms with van der Waals surface area (Å²) < 4.78 is 30.4. The summed E-state index contributed by atoms with van der Waals surface area (Å²) in [4.78, 5) is 14.4. The monoisotopic (exact) mass is 381 g/mol. The fraction of sp³-hybridized carbons (Fsp3) is 0.632. The maximum atomic E-state index is 12.4. The summed E-state index contributed by atoms with van der Waals surface area (Å²) in [6.45, 7) is 3.67. The number of hydrogen-bond acceptors (Lipinski definition) is 5. The molecule has 0 radical (unpaired) electrons. The van der Waals surface area contributed by atoms with Gasteiger partial charge in [0.2, 0.25) is 5.91 Å². The number of rotatable bonds is 6. The number of aliphatic hydroxyl groups excluding tert-OH is 1. The first-order chi connectivity index (χ1) is 12.4. The Morgan fingerprint density at radius 1 is 1.27 bits per heavy atom. The third-order valence-corrected chi connectivity index (χ3v) is 7.58. The predicted octanol–water partition coefficient (Wildman–Crippen LogP) is 1.63. The van der Waals surface area contributed by atoms with Crippen molar-refractivity contribution in [2.45, 2.75) is 49.7 Å². The first kappa shape index (κ1) is 19.3. The van der Waals surface area contributed by atoms with Crippen LogP contribution in [0.25, 0.3) is 0 Å². The second-order valence-electron chi connectivity index (χ2n) is 7.19. The van der Waals surface area contributed by atoms with Gasteiger partial charge in [-0.2, -0.15) is 0 Å². The number of sulfone groups is 1. The van der Waals surface area contributed by atoms with E-state index in [9.17, 15) is 18.3 Å². The summed E-state index contributed by atoms with van der Waals surface area (Å²) in [7, 11) is -3.44. The molecule has 0 aromatic heterocycles. The second-order valence-corrected chi connectivity index (χ2v) is 9.30. The smallest absolute Gasteiger partial charge is 0.223 e. The largest absolute Gasteiger partial charge is 0.392 e. The number of likely N-dealkylation sites (tertiary alicyclic amines) is 1. The van der Waals surface area contributed by atoms with Crippen LogP contribution in [0, 0.1) is 5.41 Å². The Kier molecular flexibility index (Phi) is 5.69. The first-order valence-corrected chi connectivity index (χ1v) is 10.9. The Bertz CT molecular complexity index is 724. The molecule has 1 aromatic carbocycles. The first-order valence-electron chi connectivity index (χ1n) is 9.24. The van der Waals surface area contributed by atoms with Crippen molar-refractivity contribution >= 4 is 15.7 Å². The van der Waals surface area contributed by atoms with Crippen molar-refractivity contribution in [3.8, 4) is 0 Å². The van der Waals surface area contributed by atoms with Crippen molar-refractivity contribution in [3.63, 3.8) is 0 Å². The van der Waals surface area contributed by atoms with Gasteiger partial charge in [-0.1, -0.05) is 18.2 Å². The molecule has 1 saturated heterocycles. The van der Waals surface area contributed by atoms with Gasteiger partial charge in [-0.15, -0.1) is 0 Å². The van der Waals surface area contributed by atoms with Gasteiger partial charge in [0.15, 0.2) is 9.84 Å². The van der Waals surface area contributed by atoms with Crippen LogP contribution >= 0.6 is 0 Å². The number of piperidine rings is 1. The highest BCUT2D eigenvalue weighted by Gasteiger charge is 2.56. The van der Waals surface area contributed by atoms with Gasteiger partial charge in [0.05, 0.1) is 22.9 Å². The number of benzene rings is 1. The number of hydrogen-bond donors (Lipinski definition) is 1. The summed E-state index contributed by atoms with van der Waals surface area (Å²) in [5.41, 5.74) is -0.233. The lowest BCUT2D eigenvalue weighted by molar-refractivity contribution is -0.210. The minimum absolute atomic E-state index is 0.0122. The molecule has 3 rings (SSSR count). The summed E-state index contributed by atoms with van der Waals surface area (Å²) in [6, 6.07) is 8.22. The lowest BCUT2D eigenvalue weighted by atomic mass is 9.58. The van der Waals surface area contributed by atoms with Crippen LogP contribution in [0.4, 0.5) is 0 Å². The van der Waals surface area contributed by atoms with Crippen LogP contribution in [0.2, 0.25) is 0 Å². The highest BCUT2D eigenvalue weighted by Crippen LogP contribution is 2.50. The molecule has 2 atom stereocenters. The number of carbonyl (C=O) groups is 1. The highest BCUT2D eigenvalue weighted by molar-refractivity contribution is 7.91. The molecule has 2 unspecified atom stereocenters. The fourth-order valence-electron chi connectivity index (χ4n) is 4.11. The van der Waals surface area contributed by atoms with Gasteiger partial charge in [0.25, 0.3) is 0 Å². The third-order valence-electron chi connectivity index (χ3n) is 5.84. The van der Waals surface area contributed by atoms with Crippen molar-refractivity contribution in [1.82, 2.24) is 4.90 Å². The molecule has 6 nitrogen and oxygen atoms in total. The molecule has 1 aliphatic carbocycles. The molecule has 1 N–H and O–H groups in total. The molecule has 1 amide bonds. The topological polar surface area (TPSA) is 83.9 Å². The Balaban J connectivity index is 1.53. The van der Waals surface area contributed by atoms with Gasteiger partial charge >= 0.3 is 0 Å². The van der Waals surface area contributed by atoms with E-state index in [1.807, 2.05) is 6.92 Å².